The van der Waals surface area contributed by atoms with E-state index in [2.05, 4.69) is 4.98 Å². The first-order chi connectivity index (χ1) is 7.75. The molecule has 84 valence electrons. The lowest BCUT2D eigenvalue weighted by molar-refractivity contribution is 0.0703. The van der Waals surface area contributed by atoms with Gasteiger partial charge in [-0.25, -0.2) is 4.98 Å². The molecule has 1 aromatic heterocycles. The summed E-state index contributed by atoms with van der Waals surface area (Å²) in [6.45, 7) is 0.898. The third-order valence-corrected chi connectivity index (χ3v) is 3.96. The van der Waals surface area contributed by atoms with Gasteiger partial charge in [0.25, 0.3) is 5.91 Å². The number of rotatable bonds is 1. The van der Waals surface area contributed by atoms with Crippen molar-refractivity contribution in [2.45, 2.75) is 25.3 Å². The molecule has 2 fully saturated rings. The van der Waals surface area contributed by atoms with Crippen LogP contribution < -0.4 is 0 Å². The van der Waals surface area contributed by atoms with Crippen LogP contribution in [0.1, 0.15) is 29.6 Å². The van der Waals surface area contributed by atoms with Crippen LogP contribution >= 0.6 is 11.6 Å². The predicted molar refractivity (Wildman–Crippen MR) is 61.4 cm³/mol. The largest absolute Gasteiger partial charge is 0.335 e. The Bertz CT molecular complexity index is 435. The summed E-state index contributed by atoms with van der Waals surface area (Å²) in [7, 11) is 0. The van der Waals surface area contributed by atoms with Gasteiger partial charge < -0.3 is 4.90 Å². The lowest BCUT2D eigenvalue weighted by Crippen LogP contribution is -2.37. The van der Waals surface area contributed by atoms with Crippen LogP contribution in [0.2, 0.25) is 5.15 Å². The average Bonchev–Trinajstić information content (AvgIpc) is 2.90. The Balaban J connectivity index is 1.86. The Morgan fingerprint density at radius 3 is 3.00 bits per heavy atom. The molecule has 3 rings (SSSR count). The van der Waals surface area contributed by atoms with Gasteiger partial charge in [0.2, 0.25) is 0 Å². The van der Waals surface area contributed by atoms with E-state index in [0.29, 0.717) is 22.7 Å². The highest BCUT2D eigenvalue weighted by atomic mass is 35.5. The Hall–Kier alpha value is -1.09. The van der Waals surface area contributed by atoms with E-state index in [1.54, 1.807) is 18.3 Å². The summed E-state index contributed by atoms with van der Waals surface area (Å²) in [5.74, 6) is 0.759. The molecule has 0 aromatic carbocycles. The summed E-state index contributed by atoms with van der Waals surface area (Å²) in [6.07, 6.45) is 5.20. The first-order valence-electron chi connectivity index (χ1n) is 5.67. The summed E-state index contributed by atoms with van der Waals surface area (Å²) in [6, 6.07) is 3.95. The molecule has 0 spiro atoms. The molecule has 4 heteroatoms. The van der Waals surface area contributed by atoms with E-state index in [1.165, 1.54) is 12.8 Å². The van der Waals surface area contributed by atoms with Crippen LogP contribution in [-0.4, -0.2) is 28.4 Å². The Morgan fingerprint density at radius 1 is 1.50 bits per heavy atom. The van der Waals surface area contributed by atoms with Crippen molar-refractivity contribution in [3.63, 3.8) is 0 Å². The molecular weight excluding hydrogens is 224 g/mol. The molecule has 16 heavy (non-hydrogen) atoms. The second-order valence-electron chi connectivity index (χ2n) is 4.63. The predicted octanol–water partition coefficient (Wildman–Crippen LogP) is 2.36. The van der Waals surface area contributed by atoms with Crippen LogP contribution in [0.15, 0.2) is 18.3 Å². The molecule has 2 heterocycles. The third-order valence-electron chi connectivity index (χ3n) is 3.66. The van der Waals surface area contributed by atoms with E-state index in [1.807, 2.05) is 4.90 Å². The normalized spacial score (nSPS) is 27.4. The minimum atomic E-state index is 0.0466. The summed E-state index contributed by atoms with van der Waals surface area (Å²) in [5.41, 5.74) is 0.539. The number of pyridine rings is 1. The zero-order chi connectivity index (χ0) is 11.1. The van der Waals surface area contributed by atoms with E-state index >= 15 is 0 Å². The minimum absolute atomic E-state index is 0.0466. The Morgan fingerprint density at radius 2 is 2.38 bits per heavy atom. The number of carbonyl (C=O) groups is 1. The molecule has 1 saturated heterocycles. The SMILES string of the molecule is O=C(c1cccnc1Cl)N1C[C@@H]2CC[C@H]1C2. The molecule has 1 saturated carbocycles. The second kappa shape index (κ2) is 3.74. The summed E-state index contributed by atoms with van der Waals surface area (Å²) >= 11 is 5.94. The molecule has 2 aliphatic rings. The van der Waals surface area contributed by atoms with Crippen molar-refractivity contribution < 1.29 is 4.79 Å². The van der Waals surface area contributed by atoms with Crippen LogP contribution in [0.5, 0.6) is 0 Å². The van der Waals surface area contributed by atoms with Crippen LogP contribution in [0, 0.1) is 5.92 Å². The monoisotopic (exact) mass is 236 g/mol. The number of amides is 1. The first-order valence-corrected chi connectivity index (χ1v) is 6.05. The molecule has 0 unspecified atom stereocenters. The lowest BCUT2D eigenvalue weighted by atomic mass is 10.1. The Labute approximate surface area is 99.4 Å². The molecular formula is C12H13ClN2O. The van der Waals surface area contributed by atoms with Crippen LogP contribution in [0.3, 0.4) is 0 Å². The molecule has 2 atom stereocenters. The molecule has 0 radical (unpaired) electrons. The number of carbonyl (C=O) groups excluding carboxylic acids is 1. The lowest BCUT2D eigenvalue weighted by Gasteiger charge is -2.27. The number of hydrogen-bond donors (Lipinski definition) is 0. The van der Waals surface area contributed by atoms with Gasteiger partial charge in [0.1, 0.15) is 5.15 Å². The maximum atomic E-state index is 12.3. The van der Waals surface area contributed by atoms with Crippen molar-refractivity contribution in [3.05, 3.63) is 29.0 Å². The average molecular weight is 237 g/mol. The Kier molecular flexibility index (Phi) is 2.36. The topological polar surface area (TPSA) is 33.2 Å². The minimum Gasteiger partial charge on any atom is -0.335 e. The van der Waals surface area contributed by atoms with E-state index in [4.69, 9.17) is 11.6 Å². The zero-order valence-corrected chi connectivity index (χ0v) is 9.65. The molecule has 3 nitrogen and oxygen atoms in total. The highest BCUT2D eigenvalue weighted by Crippen LogP contribution is 2.38. The van der Waals surface area contributed by atoms with Gasteiger partial charge in [-0.1, -0.05) is 11.6 Å². The summed E-state index contributed by atoms with van der Waals surface area (Å²) < 4.78 is 0. The van der Waals surface area contributed by atoms with Gasteiger partial charge in [0.15, 0.2) is 0 Å². The fraction of sp³-hybridized carbons (Fsp3) is 0.500. The van der Waals surface area contributed by atoms with Crippen molar-refractivity contribution in [1.82, 2.24) is 9.88 Å². The van der Waals surface area contributed by atoms with Gasteiger partial charge in [-0.2, -0.15) is 0 Å². The molecule has 0 N–H and O–H groups in total. The number of aromatic nitrogens is 1. The van der Waals surface area contributed by atoms with Crippen molar-refractivity contribution in [3.8, 4) is 0 Å². The summed E-state index contributed by atoms with van der Waals surface area (Å²) in [4.78, 5) is 18.2. The van der Waals surface area contributed by atoms with E-state index < -0.39 is 0 Å². The van der Waals surface area contributed by atoms with Crippen LogP contribution in [0.4, 0.5) is 0 Å². The zero-order valence-electron chi connectivity index (χ0n) is 8.90. The molecule has 1 aliphatic heterocycles. The first kappa shape index (κ1) is 10.1. The number of piperidine rings is 1. The maximum absolute atomic E-state index is 12.3. The van der Waals surface area contributed by atoms with Crippen molar-refractivity contribution in [2.24, 2.45) is 5.92 Å². The molecule has 2 bridgehead atoms. The number of hydrogen-bond acceptors (Lipinski definition) is 2. The van der Waals surface area contributed by atoms with Gasteiger partial charge in [0, 0.05) is 18.8 Å². The molecule has 1 aliphatic carbocycles. The fourth-order valence-corrected chi connectivity index (χ4v) is 3.07. The van der Waals surface area contributed by atoms with Gasteiger partial charge in [-0.3, -0.25) is 4.79 Å². The highest BCUT2D eigenvalue weighted by molar-refractivity contribution is 6.32. The van der Waals surface area contributed by atoms with Gasteiger partial charge in [0.05, 0.1) is 5.56 Å². The standard InChI is InChI=1S/C12H13ClN2O/c13-11-10(2-1-5-14-11)12(16)15-7-8-3-4-9(15)6-8/h1-2,5,8-9H,3-4,6-7H2/t8-,9+/m1/s1. The fourth-order valence-electron chi connectivity index (χ4n) is 2.87. The third kappa shape index (κ3) is 1.50. The van der Waals surface area contributed by atoms with Gasteiger partial charge >= 0.3 is 0 Å². The smallest absolute Gasteiger partial charge is 0.257 e. The highest BCUT2D eigenvalue weighted by Gasteiger charge is 2.40. The van der Waals surface area contributed by atoms with Crippen molar-refractivity contribution >= 4 is 17.5 Å². The van der Waals surface area contributed by atoms with Crippen LogP contribution in [0.25, 0.3) is 0 Å². The van der Waals surface area contributed by atoms with E-state index in [-0.39, 0.29) is 5.91 Å². The van der Waals surface area contributed by atoms with E-state index in [0.717, 1.165) is 13.0 Å². The van der Waals surface area contributed by atoms with Gasteiger partial charge in [-0.15, -0.1) is 0 Å². The number of fused-ring (bicyclic) bond motifs is 2. The number of likely N-dealkylation sites (tertiary alicyclic amines) is 1. The van der Waals surface area contributed by atoms with Crippen molar-refractivity contribution in [2.75, 3.05) is 6.54 Å². The maximum Gasteiger partial charge on any atom is 0.257 e. The molecule has 1 amide bonds. The summed E-state index contributed by atoms with van der Waals surface area (Å²) in [5, 5.41) is 0.315. The van der Waals surface area contributed by atoms with E-state index in [9.17, 15) is 4.79 Å². The van der Waals surface area contributed by atoms with Crippen LogP contribution in [-0.2, 0) is 0 Å². The van der Waals surface area contributed by atoms with Crippen molar-refractivity contribution in [1.29, 1.82) is 0 Å². The molecule has 1 aromatic rings. The second-order valence-corrected chi connectivity index (χ2v) is 4.99. The quantitative estimate of drug-likeness (QED) is 0.702. The number of nitrogens with zero attached hydrogens (tertiary/aromatic N) is 2. The van der Waals surface area contributed by atoms with Gasteiger partial charge in [-0.05, 0) is 37.3 Å². The number of halogens is 1.